The molecular weight excluding hydrogens is 314 g/mol. The van der Waals surface area contributed by atoms with Gasteiger partial charge in [-0.05, 0) is 39.2 Å². The number of carbonyl (C=O) groups is 1. The Hall–Kier alpha value is -2.41. The van der Waals surface area contributed by atoms with Crippen LogP contribution in [0.2, 0.25) is 0 Å². The molecule has 1 unspecified atom stereocenters. The van der Waals surface area contributed by atoms with E-state index in [4.69, 9.17) is 9.47 Å². The molecule has 1 amide bonds. The lowest BCUT2D eigenvalue weighted by Gasteiger charge is -2.17. The van der Waals surface area contributed by atoms with E-state index in [-0.39, 0.29) is 24.0 Å². The van der Waals surface area contributed by atoms with Gasteiger partial charge in [-0.1, -0.05) is 36.1 Å². The molecule has 2 aliphatic rings. The Morgan fingerprint density at radius 1 is 1.36 bits per heavy atom. The normalized spacial score (nSPS) is 20.0. The van der Waals surface area contributed by atoms with E-state index in [1.165, 1.54) is 5.56 Å². The molecule has 4 heteroatoms. The average molecular weight is 339 g/mol. The summed E-state index contributed by atoms with van der Waals surface area (Å²) in [6.45, 7) is 4.78. The molecule has 1 N–H and O–H groups in total. The smallest absolute Gasteiger partial charge is 0.224 e. The summed E-state index contributed by atoms with van der Waals surface area (Å²) in [4.78, 5) is 12.0. The van der Waals surface area contributed by atoms with Gasteiger partial charge in [0.2, 0.25) is 5.91 Å². The van der Waals surface area contributed by atoms with Crippen LogP contribution in [-0.2, 0) is 11.2 Å². The number of hydrogen-bond acceptors (Lipinski definition) is 3. The monoisotopic (exact) mass is 339 g/mol. The lowest BCUT2D eigenvalue weighted by Crippen LogP contribution is -2.31. The van der Waals surface area contributed by atoms with Gasteiger partial charge < -0.3 is 14.8 Å². The fourth-order valence-corrected chi connectivity index (χ4v) is 3.24. The number of allylic oxidation sites excluding steroid dienone is 2. The summed E-state index contributed by atoms with van der Waals surface area (Å²) >= 11 is 0. The van der Waals surface area contributed by atoms with E-state index >= 15 is 0 Å². The van der Waals surface area contributed by atoms with E-state index in [2.05, 4.69) is 49.2 Å². The van der Waals surface area contributed by atoms with Gasteiger partial charge in [0.15, 0.2) is 11.5 Å². The molecular formula is C21H25NO3. The molecule has 0 spiro atoms. The summed E-state index contributed by atoms with van der Waals surface area (Å²) in [5.41, 5.74) is 0.982. The Balaban J connectivity index is 1.44. The second kappa shape index (κ2) is 7.65. The van der Waals surface area contributed by atoms with Gasteiger partial charge in [-0.2, -0.15) is 0 Å². The molecule has 25 heavy (non-hydrogen) atoms. The molecule has 0 saturated carbocycles. The number of rotatable bonds is 4. The van der Waals surface area contributed by atoms with Crippen LogP contribution in [0.1, 0.15) is 38.7 Å². The van der Waals surface area contributed by atoms with Crippen molar-refractivity contribution in [2.24, 2.45) is 5.92 Å². The highest BCUT2D eigenvalue weighted by atomic mass is 16.5. The molecule has 1 aliphatic heterocycles. The molecule has 0 radical (unpaired) electrons. The number of nitrogens with one attached hydrogen (secondary N) is 1. The third-order valence-electron chi connectivity index (χ3n) is 4.47. The van der Waals surface area contributed by atoms with E-state index < -0.39 is 0 Å². The zero-order chi connectivity index (χ0) is 17.7. The van der Waals surface area contributed by atoms with Gasteiger partial charge >= 0.3 is 0 Å². The van der Waals surface area contributed by atoms with Crippen molar-refractivity contribution in [2.45, 2.75) is 45.1 Å². The van der Waals surface area contributed by atoms with Crippen LogP contribution in [0.25, 0.3) is 0 Å². The van der Waals surface area contributed by atoms with Crippen molar-refractivity contribution < 1.29 is 14.3 Å². The maximum Gasteiger partial charge on any atom is 0.224 e. The topological polar surface area (TPSA) is 47.6 Å². The van der Waals surface area contributed by atoms with Gasteiger partial charge in [-0.3, -0.25) is 4.79 Å². The number of hydrogen-bond donors (Lipinski definition) is 1. The van der Waals surface area contributed by atoms with Crippen LogP contribution in [0.3, 0.4) is 0 Å². The molecule has 0 aromatic heterocycles. The Bertz CT molecular complexity index is 724. The standard InChI is InChI=1S/C21H25NO3/c1-21(2)15-17-11-8-12-18(19(17)25-21)24-14-7-6-13-22-20(23)16-9-4-3-5-10-16/h3-4,8,11-12,16H,5,9-10,13-15H2,1-2H3,(H,22,23). The maximum atomic E-state index is 12.0. The fraction of sp³-hybridized carbons (Fsp3) is 0.476. The molecule has 4 nitrogen and oxygen atoms in total. The van der Waals surface area contributed by atoms with Crippen molar-refractivity contribution in [3.05, 3.63) is 35.9 Å². The first-order chi connectivity index (χ1) is 12.1. The van der Waals surface area contributed by atoms with Crippen LogP contribution in [0.5, 0.6) is 11.5 Å². The molecule has 1 atom stereocenters. The minimum absolute atomic E-state index is 0.0930. The van der Waals surface area contributed by atoms with E-state index in [9.17, 15) is 4.79 Å². The van der Waals surface area contributed by atoms with Crippen molar-refractivity contribution in [3.63, 3.8) is 0 Å². The van der Waals surface area contributed by atoms with Crippen molar-refractivity contribution in [1.29, 1.82) is 0 Å². The van der Waals surface area contributed by atoms with E-state index in [1.54, 1.807) is 0 Å². The largest absolute Gasteiger partial charge is 0.483 e. The first kappa shape index (κ1) is 17.4. The highest BCUT2D eigenvalue weighted by Gasteiger charge is 2.32. The molecule has 1 aromatic carbocycles. The Kier molecular flexibility index (Phi) is 5.33. The molecule has 0 bridgehead atoms. The second-order valence-corrected chi connectivity index (χ2v) is 7.12. The summed E-state index contributed by atoms with van der Waals surface area (Å²) in [5, 5.41) is 2.88. The summed E-state index contributed by atoms with van der Waals surface area (Å²) in [6, 6.07) is 5.95. The van der Waals surface area contributed by atoms with Gasteiger partial charge in [0.25, 0.3) is 0 Å². The molecule has 3 rings (SSSR count). The van der Waals surface area contributed by atoms with Gasteiger partial charge in [-0.15, -0.1) is 0 Å². The van der Waals surface area contributed by atoms with Crippen molar-refractivity contribution >= 4 is 5.91 Å². The van der Waals surface area contributed by atoms with Gasteiger partial charge in [0.05, 0.1) is 6.54 Å². The van der Waals surface area contributed by atoms with Crippen LogP contribution in [0, 0.1) is 17.8 Å². The van der Waals surface area contributed by atoms with Crippen LogP contribution >= 0.6 is 0 Å². The van der Waals surface area contributed by atoms with Crippen LogP contribution in [0.4, 0.5) is 0 Å². The predicted octanol–water partition coefficient (Wildman–Crippen LogP) is 3.25. The van der Waals surface area contributed by atoms with Crippen LogP contribution < -0.4 is 14.8 Å². The van der Waals surface area contributed by atoms with Crippen LogP contribution in [-0.4, -0.2) is 24.7 Å². The Labute approximate surface area is 149 Å². The summed E-state index contributed by atoms with van der Waals surface area (Å²) < 4.78 is 11.7. The van der Waals surface area contributed by atoms with E-state index in [0.717, 1.165) is 37.2 Å². The average Bonchev–Trinajstić information content (AvgIpc) is 2.93. The summed E-state index contributed by atoms with van der Waals surface area (Å²) in [6.07, 6.45) is 7.83. The Morgan fingerprint density at radius 3 is 3.04 bits per heavy atom. The number of fused-ring (bicyclic) bond motifs is 1. The SMILES string of the molecule is CC1(C)Cc2cccc(OCC#CCNC(=O)C3CC=CCC3)c2O1. The lowest BCUT2D eigenvalue weighted by atomic mass is 9.94. The summed E-state index contributed by atoms with van der Waals surface area (Å²) in [7, 11) is 0. The number of benzene rings is 1. The Morgan fingerprint density at radius 2 is 2.24 bits per heavy atom. The first-order valence-electron chi connectivity index (χ1n) is 8.87. The van der Waals surface area contributed by atoms with Gasteiger partial charge in [0.1, 0.15) is 12.2 Å². The quantitative estimate of drug-likeness (QED) is 0.677. The molecule has 1 aliphatic carbocycles. The zero-order valence-electron chi connectivity index (χ0n) is 14.9. The second-order valence-electron chi connectivity index (χ2n) is 7.12. The van der Waals surface area contributed by atoms with E-state index in [0.29, 0.717) is 6.54 Å². The third-order valence-corrected chi connectivity index (χ3v) is 4.47. The third kappa shape index (κ3) is 4.57. The number of carbonyl (C=O) groups excluding carboxylic acids is 1. The number of amides is 1. The minimum Gasteiger partial charge on any atom is -0.483 e. The summed E-state index contributed by atoms with van der Waals surface area (Å²) in [5.74, 6) is 7.64. The molecule has 132 valence electrons. The molecule has 0 fully saturated rings. The highest BCUT2D eigenvalue weighted by molar-refractivity contribution is 5.79. The van der Waals surface area contributed by atoms with Crippen LogP contribution in [0.15, 0.2) is 30.4 Å². The van der Waals surface area contributed by atoms with Gasteiger partial charge in [-0.25, -0.2) is 0 Å². The van der Waals surface area contributed by atoms with Crippen molar-refractivity contribution in [1.82, 2.24) is 5.32 Å². The first-order valence-corrected chi connectivity index (χ1v) is 8.87. The molecule has 1 heterocycles. The fourth-order valence-electron chi connectivity index (χ4n) is 3.24. The van der Waals surface area contributed by atoms with Crippen molar-refractivity contribution in [3.8, 4) is 23.3 Å². The molecule has 1 aromatic rings. The molecule has 0 saturated heterocycles. The highest BCUT2D eigenvalue weighted by Crippen LogP contribution is 2.41. The zero-order valence-corrected chi connectivity index (χ0v) is 14.9. The minimum atomic E-state index is -0.188. The number of para-hydroxylation sites is 1. The van der Waals surface area contributed by atoms with Crippen molar-refractivity contribution in [2.75, 3.05) is 13.2 Å². The maximum absolute atomic E-state index is 12.0. The van der Waals surface area contributed by atoms with E-state index in [1.807, 2.05) is 12.1 Å². The van der Waals surface area contributed by atoms with Gasteiger partial charge in [0, 0.05) is 17.9 Å². The predicted molar refractivity (Wildman–Crippen MR) is 97.6 cm³/mol. The number of ether oxygens (including phenoxy) is 2. The lowest BCUT2D eigenvalue weighted by molar-refractivity contribution is -0.124.